The molecule has 1 saturated carbocycles. The van der Waals surface area contributed by atoms with Crippen LogP contribution in [0.25, 0.3) is 0 Å². The van der Waals surface area contributed by atoms with Crippen LogP contribution in [-0.2, 0) is 14.3 Å². The molecule has 27 heavy (non-hydrogen) atoms. The zero-order valence-corrected chi connectivity index (χ0v) is 15.6. The lowest BCUT2D eigenvalue weighted by Crippen LogP contribution is -2.54. The highest BCUT2D eigenvalue weighted by atomic mass is 16.5. The molecule has 8 nitrogen and oxygen atoms in total. The van der Waals surface area contributed by atoms with E-state index in [0.717, 1.165) is 12.8 Å². The molecule has 0 spiro atoms. The summed E-state index contributed by atoms with van der Waals surface area (Å²) in [7, 11) is 1.57. The van der Waals surface area contributed by atoms with Gasteiger partial charge in [0, 0.05) is 32.7 Å². The predicted molar refractivity (Wildman–Crippen MR) is 96.9 cm³/mol. The second-order valence-corrected chi connectivity index (χ2v) is 7.15. The van der Waals surface area contributed by atoms with Gasteiger partial charge in [0.1, 0.15) is 6.04 Å². The monoisotopic (exact) mass is 377 g/mol. The summed E-state index contributed by atoms with van der Waals surface area (Å²) in [5, 5.41) is 5.76. The lowest BCUT2D eigenvalue weighted by Gasteiger charge is -2.35. The van der Waals surface area contributed by atoms with Crippen molar-refractivity contribution in [3.05, 3.63) is 24.2 Å². The number of rotatable bonds is 8. The van der Waals surface area contributed by atoms with Gasteiger partial charge >= 0.3 is 0 Å². The molecule has 1 aromatic heterocycles. The van der Waals surface area contributed by atoms with Crippen molar-refractivity contribution in [3.63, 3.8) is 0 Å². The summed E-state index contributed by atoms with van der Waals surface area (Å²) < 4.78 is 10.1. The average molecular weight is 377 g/mol. The zero-order chi connectivity index (χ0) is 19.2. The number of carbonyl (C=O) groups is 3. The molecule has 1 aliphatic carbocycles. The second-order valence-electron chi connectivity index (χ2n) is 7.15. The van der Waals surface area contributed by atoms with E-state index in [-0.39, 0.29) is 29.6 Å². The van der Waals surface area contributed by atoms with Gasteiger partial charge in [-0.25, -0.2) is 0 Å². The van der Waals surface area contributed by atoms with Crippen LogP contribution in [0.4, 0.5) is 0 Å². The number of piperidine rings is 1. The predicted octanol–water partition coefficient (Wildman–Crippen LogP) is 0.789. The standard InChI is InChI=1S/C19H27N3O5/c1-26-12-8-20-18(24)16(21-17(23)14-4-5-14)13-6-9-22(10-7-13)19(25)15-3-2-11-27-15/h2-3,11,13-14,16H,4-10,12H2,1H3,(H,20,24)(H,21,23)/t16-/m1/s1. The van der Waals surface area contributed by atoms with Crippen molar-refractivity contribution in [2.45, 2.75) is 31.7 Å². The number of furan rings is 1. The molecule has 1 atom stereocenters. The number of methoxy groups -OCH3 is 1. The van der Waals surface area contributed by atoms with Gasteiger partial charge in [0.2, 0.25) is 11.8 Å². The van der Waals surface area contributed by atoms with Crippen molar-refractivity contribution in [2.24, 2.45) is 11.8 Å². The summed E-state index contributed by atoms with van der Waals surface area (Å²) in [5.74, 6) is -0.00505. The van der Waals surface area contributed by atoms with Crippen molar-refractivity contribution in [1.82, 2.24) is 15.5 Å². The maximum atomic E-state index is 12.6. The van der Waals surface area contributed by atoms with Gasteiger partial charge in [0.05, 0.1) is 12.9 Å². The van der Waals surface area contributed by atoms with Gasteiger partial charge in [-0.15, -0.1) is 0 Å². The van der Waals surface area contributed by atoms with Gasteiger partial charge in [0.25, 0.3) is 5.91 Å². The first kappa shape index (κ1) is 19.4. The minimum atomic E-state index is -0.573. The molecule has 0 aromatic carbocycles. The summed E-state index contributed by atoms with van der Waals surface area (Å²) in [6.45, 7) is 1.89. The van der Waals surface area contributed by atoms with Crippen molar-refractivity contribution >= 4 is 17.7 Å². The van der Waals surface area contributed by atoms with E-state index in [1.165, 1.54) is 6.26 Å². The molecule has 148 valence electrons. The molecule has 2 heterocycles. The lowest BCUT2D eigenvalue weighted by atomic mass is 9.88. The van der Waals surface area contributed by atoms with E-state index in [1.807, 2.05) is 0 Å². The third-order valence-corrected chi connectivity index (χ3v) is 5.16. The average Bonchev–Trinajstić information content (AvgIpc) is 3.40. The maximum Gasteiger partial charge on any atom is 0.289 e. The molecule has 8 heteroatoms. The Labute approximate surface area is 158 Å². The van der Waals surface area contributed by atoms with E-state index in [4.69, 9.17) is 9.15 Å². The van der Waals surface area contributed by atoms with Crippen LogP contribution in [0.3, 0.4) is 0 Å². The fourth-order valence-electron chi connectivity index (χ4n) is 3.39. The van der Waals surface area contributed by atoms with Crippen LogP contribution in [-0.4, -0.2) is 62.0 Å². The van der Waals surface area contributed by atoms with Crippen molar-refractivity contribution in [1.29, 1.82) is 0 Å². The first-order chi connectivity index (χ1) is 13.1. The molecule has 1 aromatic rings. The Kier molecular flexibility index (Phi) is 6.49. The Hall–Kier alpha value is -2.35. The van der Waals surface area contributed by atoms with E-state index >= 15 is 0 Å². The summed E-state index contributed by atoms with van der Waals surface area (Å²) in [6, 6.07) is 2.76. The number of hydrogen-bond acceptors (Lipinski definition) is 5. The van der Waals surface area contributed by atoms with Crippen LogP contribution in [0.5, 0.6) is 0 Å². The quantitative estimate of drug-likeness (QED) is 0.653. The van der Waals surface area contributed by atoms with Gasteiger partial charge in [0.15, 0.2) is 5.76 Å². The number of nitrogens with zero attached hydrogens (tertiary/aromatic N) is 1. The smallest absolute Gasteiger partial charge is 0.289 e. The molecule has 0 unspecified atom stereocenters. The first-order valence-corrected chi connectivity index (χ1v) is 9.50. The van der Waals surface area contributed by atoms with E-state index in [9.17, 15) is 14.4 Å². The van der Waals surface area contributed by atoms with Crippen LogP contribution in [0, 0.1) is 11.8 Å². The third kappa shape index (κ3) is 5.09. The highest BCUT2D eigenvalue weighted by molar-refractivity contribution is 5.92. The van der Waals surface area contributed by atoms with Gasteiger partial charge in [-0.2, -0.15) is 0 Å². The summed E-state index contributed by atoms with van der Waals surface area (Å²) in [6.07, 6.45) is 4.56. The minimum absolute atomic E-state index is 0.00380. The molecular weight excluding hydrogens is 350 g/mol. The van der Waals surface area contributed by atoms with Crippen LogP contribution < -0.4 is 10.6 Å². The fourth-order valence-corrected chi connectivity index (χ4v) is 3.39. The van der Waals surface area contributed by atoms with Crippen molar-refractivity contribution in [2.75, 3.05) is 33.4 Å². The number of nitrogens with one attached hydrogen (secondary N) is 2. The van der Waals surface area contributed by atoms with Crippen LogP contribution in [0.15, 0.2) is 22.8 Å². The number of hydrogen-bond donors (Lipinski definition) is 2. The van der Waals surface area contributed by atoms with Crippen molar-refractivity contribution < 1.29 is 23.5 Å². The number of carbonyl (C=O) groups excluding carboxylic acids is 3. The van der Waals surface area contributed by atoms with Gasteiger partial charge in [-0.1, -0.05) is 0 Å². The fraction of sp³-hybridized carbons (Fsp3) is 0.632. The largest absolute Gasteiger partial charge is 0.459 e. The van der Waals surface area contributed by atoms with Crippen LogP contribution >= 0.6 is 0 Å². The molecule has 2 N–H and O–H groups in total. The molecule has 1 aliphatic heterocycles. The Morgan fingerprint density at radius 3 is 2.59 bits per heavy atom. The van der Waals surface area contributed by atoms with Crippen LogP contribution in [0.1, 0.15) is 36.2 Å². The maximum absolute atomic E-state index is 12.6. The molecule has 0 radical (unpaired) electrons. The SMILES string of the molecule is COCCNC(=O)[C@H](NC(=O)C1CC1)C1CCN(C(=O)c2ccco2)CC1. The van der Waals surface area contributed by atoms with E-state index < -0.39 is 6.04 Å². The van der Waals surface area contributed by atoms with E-state index in [1.54, 1.807) is 24.1 Å². The normalized spacial score (nSPS) is 18.8. The molecule has 2 aliphatic rings. The number of ether oxygens (including phenoxy) is 1. The summed E-state index contributed by atoms with van der Waals surface area (Å²) in [5.41, 5.74) is 0. The first-order valence-electron chi connectivity index (χ1n) is 9.50. The topological polar surface area (TPSA) is 101 Å². The molecule has 0 bridgehead atoms. The van der Waals surface area contributed by atoms with Gasteiger partial charge in [-0.3, -0.25) is 14.4 Å². The lowest BCUT2D eigenvalue weighted by molar-refractivity contribution is -0.131. The van der Waals surface area contributed by atoms with Crippen LogP contribution in [0.2, 0.25) is 0 Å². The van der Waals surface area contributed by atoms with E-state index in [2.05, 4.69) is 10.6 Å². The third-order valence-electron chi connectivity index (χ3n) is 5.16. The highest BCUT2D eigenvalue weighted by Crippen LogP contribution is 2.30. The molecule has 3 amide bonds. The van der Waals surface area contributed by atoms with Gasteiger partial charge < -0.3 is 24.7 Å². The Morgan fingerprint density at radius 1 is 1.26 bits per heavy atom. The molecular formula is C19H27N3O5. The summed E-state index contributed by atoms with van der Waals surface area (Å²) in [4.78, 5) is 39.0. The number of likely N-dealkylation sites (tertiary alicyclic amines) is 1. The molecule has 3 rings (SSSR count). The number of amides is 3. The minimum Gasteiger partial charge on any atom is -0.459 e. The Balaban J connectivity index is 1.58. The Morgan fingerprint density at radius 2 is 2.00 bits per heavy atom. The molecule has 2 fully saturated rings. The summed E-state index contributed by atoms with van der Waals surface area (Å²) >= 11 is 0. The van der Waals surface area contributed by atoms with Gasteiger partial charge in [-0.05, 0) is 43.7 Å². The highest BCUT2D eigenvalue weighted by Gasteiger charge is 2.37. The molecule has 1 saturated heterocycles. The van der Waals surface area contributed by atoms with Crippen molar-refractivity contribution in [3.8, 4) is 0 Å². The zero-order valence-electron chi connectivity index (χ0n) is 15.6. The second kappa shape index (κ2) is 9.03. The Bertz CT molecular complexity index is 648. The van der Waals surface area contributed by atoms with E-state index in [0.29, 0.717) is 44.8 Å².